The number of ether oxygens (including phenoxy) is 1. The van der Waals surface area contributed by atoms with Crippen molar-refractivity contribution in [1.29, 1.82) is 0 Å². The van der Waals surface area contributed by atoms with Gasteiger partial charge in [-0.3, -0.25) is 0 Å². The molecule has 0 aromatic heterocycles. The van der Waals surface area contributed by atoms with Gasteiger partial charge in [-0.2, -0.15) is 0 Å². The molecule has 0 aliphatic heterocycles. The van der Waals surface area contributed by atoms with E-state index in [0.29, 0.717) is 24.2 Å². The van der Waals surface area contributed by atoms with Gasteiger partial charge in [0, 0.05) is 0 Å². The molecule has 0 heterocycles. The Morgan fingerprint density at radius 1 is 0.900 bits per heavy atom. The summed E-state index contributed by atoms with van der Waals surface area (Å²) in [5.41, 5.74) is -0.639. The van der Waals surface area contributed by atoms with Gasteiger partial charge in [0.25, 0.3) is 0 Å². The van der Waals surface area contributed by atoms with Crippen molar-refractivity contribution in [1.82, 2.24) is 0 Å². The van der Waals surface area contributed by atoms with E-state index in [1.807, 2.05) is 6.92 Å². The van der Waals surface area contributed by atoms with Crippen molar-refractivity contribution >= 4 is 22.0 Å². The Morgan fingerprint density at radius 3 is 1.70 bits per heavy atom. The third kappa shape index (κ3) is 2.58. The first-order valence-electron chi connectivity index (χ1n) is 7.69. The van der Waals surface area contributed by atoms with Gasteiger partial charge in [0.2, 0.25) is 0 Å². The summed E-state index contributed by atoms with van der Waals surface area (Å²) in [4.78, 5) is 24.2. The van der Waals surface area contributed by atoms with Gasteiger partial charge < -0.3 is 0 Å². The van der Waals surface area contributed by atoms with E-state index in [9.17, 15) is 9.59 Å². The fourth-order valence-electron chi connectivity index (χ4n) is 3.97. The number of hydrogen-bond acceptors (Lipinski definition) is 3. The molecule has 3 nitrogen and oxygen atoms in total. The molecule has 0 atom stereocenters. The molecule has 0 fully saturated rings. The average molecular weight is 387 g/mol. The van der Waals surface area contributed by atoms with Crippen molar-refractivity contribution in [2.45, 2.75) is 66.7 Å². The Labute approximate surface area is 126 Å². The standard InChI is InChI=1S/C7H7O3.3C3H7.Sn/c1-2-3-10-6-4-5(8)7(6)9;3*1-3-2;/h2-3H2,1H3;3*3H,1-2H3;. The third-order valence-corrected chi connectivity index (χ3v) is 24.7. The van der Waals surface area contributed by atoms with Crippen LogP contribution in [0.1, 0.15) is 54.9 Å². The van der Waals surface area contributed by atoms with E-state index in [1.165, 1.54) is 0 Å². The van der Waals surface area contributed by atoms with Gasteiger partial charge in [0.15, 0.2) is 0 Å². The van der Waals surface area contributed by atoms with Crippen LogP contribution in [0.4, 0.5) is 0 Å². The first kappa shape index (κ1) is 17.7. The topological polar surface area (TPSA) is 43.4 Å². The van der Waals surface area contributed by atoms with Crippen molar-refractivity contribution in [3.8, 4) is 5.75 Å². The van der Waals surface area contributed by atoms with Crippen LogP contribution < -0.4 is 19.2 Å². The van der Waals surface area contributed by atoms with Crippen molar-refractivity contribution in [2.24, 2.45) is 0 Å². The van der Waals surface area contributed by atoms with E-state index in [-0.39, 0.29) is 5.43 Å². The molecular weight excluding hydrogens is 359 g/mol. The van der Waals surface area contributed by atoms with Gasteiger partial charge in [0.05, 0.1) is 0 Å². The fourth-order valence-corrected chi connectivity index (χ4v) is 23.4. The van der Waals surface area contributed by atoms with Crippen molar-refractivity contribution in [3.63, 3.8) is 0 Å². The zero-order chi connectivity index (χ0) is 15.7. The second-order valence-corrected chi connectivity index (χ2v) is 23.2. The van der Waals surface area contributed by atoms with E-state index in [4.69, 9.17) is 4.74 Å². The van der Waals surface area contributed by atoms with Gasteiger partial charge in [-0.15, -0.1) is 0 Å². The Hall–Kier alpha value is -0.321. The number of rotatable bonds is 7. The predicted octanol–water partition coefficient (Wildman–Crippen LogP) is 2.96. The first-order valence-corrected chi connectivity index (χ1v) is 14.1. The minimum absolute atomic E-state index is 0.247. The quantitative estimate of drug-likeness (QED) is 0.534. The maximum atomic E-state index is 12.3. The van der Waals surface area contributed by atoms with Crippen LogP contribution in [0.2, 0.25) is 11.8 Å². The molecule has 0 saturated heterocycles. The summed E-state index contributed by atoms with van der Waals surface area (Å²) < 4.78 is 7.93. The van der Waals surface area contributed by atoms with Crippen LogP contribution in [-0.2, 0) is 0 Å². The van der Waals surface area contributed by atoms with E-state index in [2.05, 4.69) is 41.5 Å². The zero-order valence-electron chi connectivity index (χ0n) is 13.9. The summed E-state index contributed by atoms with van der Waals surface area (Å²) in [6.45, 7) is 15.8. The molecule has 0 radical (unpaired) electrons. The molecule has 1 rings (SSSR count). The summed E-state index contributed by atoms with van der Waals surface area (Å²) in [5.74, 6) is 0.420. The van der Waals surface area contributed by atoms with E-state index in [1.54, 1.807) is 0 Å². The van der Waals surface area contributed by atoms with Crippen LogP contribution in [0.5, 0.6) is 5.75 Å². The van der Waals surface area contributed by atoms with Crippen LogP contribution in [0.25, 0.3) is 0 Å². The SMILES string of the molecule is CCCOc1[c]([Sn]([CH](C)C)([CH](C)C)[CH](C)C)c(=O)c1=O. The maximum absolute atomic E-state index is 12.3. The zero-order valence-corrected chi connectivity index (χ0v) is 16.7. The molecule has 0 aliphatic carbocycles. The van der Waals surface area contributed by atoms with Gasteiger partial charge in [0.1, 0.15) is 0 Å². The fraction of sp³-hybridized carbons (Fsp3) is 0.750. The van der Waals surface area contributed by atoms with Crippen LogP contribution >= 0.6 is 0 Å². The van der Waals surface area contributed by atoms with Crippen molar-refractivity contribution in [2.75, 3.05) is 6.61 Å². The summed E-state index contributed by atoms with van der Waals surface area (Å²) in [6, 6.07) is 0. The summed E-state index contributed by atoms with van der Waals surface area (Å²) >= 11 is -2.99. The van der Waals surface area contributed by atoms with Gasteiger partial charge >= 0.3 is 126 Å². The molecule has 0 N–H and O–H groups in total. The van der Waals surface area contributed by atoms with Crippen molar-refractivity contribution in [3.05, 3.63) is 20.4 Å². The monoisotopic (exact) mass is 388 g/mol. The van der Waals surface area contributed by atoms with E-state index >= 15 is 0 Å². The molecule has 0 spiro atoms. The van der Waals surface area contributed by atoms with Gasteiger partial charge in [-0.1, -0.05) is 0 Å². The predicted molar refractivity (Wildman–Crippen MR) is 87.8 cm³/mol. The average Bonchev–Trinajstić information content (AvgIpc) is 2.35. The molecule has 4 heteroatoms. The van der Waals surface area contributed by atoms with Crippen molar-refractivity contribution < 1.29 is 4.74 Å². The Kier molecular flexibility index (Phi) is 5.88. The summed E-state index contributed by atoms with van der Waals surface area (Å²) in [5, 5.41) is 0. The molecule has 1 aromatic carbocycles. The second kappa shape index (κ2) is 6.63. The summed E-state index contributed by atoms with van der Waals surface area (Å²) in [7, 11) is 0. The van der Waals surface area contributed by atoms with Gasteiger partial charge in [-0.05, 0) is 0 Å². The van der Waals surface area contributed by atoms with E-state index < -0.39 is 23.8 Å². The van der Waals surface area contributed by atoms with Crippen LogP contribution in [-0.4, -0.2) is 25.0 Å². The molecule has 0 aliphatic rings. The van der Waals surface area contributed by atoms with Crippen LogP contribution in [0, 0.1) is 0 Å². The van der Waals surface area contributed by atoms with Crippen LogP contribution in [0.3, 0.4) is 0 Å². The van der Waals surface area contributed by atoms with E-state index in [0.717, 1.165) is 10.0 Å². The molecule has 114 valence electrons. The summed E-state index contributed by atoms with van der Waals surface area (Å²) in [6.07, 6.45) is 0.853. The second-order valence-electron chi connectivity index (χ2n) is 6.61. The Morgan fingerprint density at radius 2 is 1.35 bits per heavy atom. The molecule has 1 aromatic rings. The first-order chi connectivity index (χ1) is 9.22. The number of hydrogen-bond donors (Lipinski definition) is 0. The third-order valence-electron chi connectivity index (χ3n) is 4.62. The Bertz CT molecular complexity index is 500. The molecule has 0 bridgehead atoms. The van der Waals surface area contributed by atoms with Gasteiger partial charge in [-0.25, -0.2) is 0 Å². The van der Waals surface area contributed by atoms with Crippen LogP contribution in [0.15, 0.2) is 9.59 Å². The molecule has 0 amide bonds. The molecular formula is C16H28O3Sn. The Balaban J connectivity index is 3.47. The molecule has 20 heavy (non-hydrogen) atoms. The normalized spacial score (nSPS) is 12.9. The molecule has 0 unspecified atom stereocenters. The minimum atomic E-state index is -2.99. The molecule has 0 saturated carbocycles.